The maximum Gasteiger partial charge on any atom is 0.290 e. The van der Waals surface area contributed by atoms with Crippen LogP contribution < -0.4 is 10.2 Å². The maximum atomic E-state index is 13.3. The lowest BCUT2D eigenvalue weighted by molar-refractivity contribution is 0.0690. The van der Waals surface area contributed by atoms with Crippen molar-refractivity contribution in [3.63, 3.8) is 0 Å². The van der Waals surface area contributed by atoms with Crippen molar-refractivity contribution in [1.82, 2.24) is 4.90 Å². The van der Waals surface area contributed by atoms with Gasteiger partial charge in [-0.2, -0.15) is 0 Å². The molecule has 0 radical (unpaired) electrons. The summed E-state index contributed by atoms with van der Waals surface area (Å²) in [6.07, 6.45) is 0. The number of para-hydroxylation sites is 1. The Morgan fingerprint density at radius 1 is 1.22 bits per heavy atom. The number of hydrogen-bond donors (Lipinski definition) is 1. The molecule has 7 heteroatoms. The average Bonchev–Trinajstić information content (AvgIpc) is 2.95. The molecule has 0 bridgehead atoms. The Bertz CT molecular complexity index is 1110. The van der Waals surface area contributed by atoms with Crippen molar-refractivity contribution in [3.05, 3.63) is 74.6 Å². The fraction of sp³-hybridized carbons (Fsp3) is 0.200. The van der Waals surface area contributed by atoms with Crippen molar-refractivity contribution in [2.45, 2.75) is 6.04 Å². The molecule has 4 rings (SSSR count). The van der Waals surface area contributed by atoms with E-state index in [9.17, 15) is 14.7 Å². The number of β-amino-alcohol motifs (C(OH)–C–C–N with tert-alkyl or cyclic N) is 1. The van der Waals surface area contributed by atoms with Crippen molar-refractivity contribution in [1.29, 1.82) is 0 Å². The van der Waals surface area contributed by atoms with Crippen LogP contribution in [0.3, 0.4) is 0 Å². The highest BCUT2D eigenvalue weighted by Crippen LogP contribution is 2.41. The van der Waals surface area contributed by atoms with Crippen molar-refractivity contribution >= 4 is 28.5 Å². The zero-order valence-electron chi connectivity index (χ0n) is 14.4. The van der Waals surface area contributed by atoms with Crippen molar-refractivity contribution < 1.29 is 19.1 Å². The first-order valence-corrected chi connectivity index (χ1v) is 8.75. The summed E-state index contributed by atoms with van der Waals surface area (Å²) in [7, 11) is 1.52. The third-order valence-corrected chi connectivity index (χ3v) is 4.94. The number of methoxy groups -OCH3 is 1. The van der Waals surface area contributed by atoms with Gasteiger partial charge in [-0.05, 0) is 24.3 Å². The molecule has 0 saturated heterocycles. The number of rotatable bonds is 4. The number of carbonyl (C=O) groups is 1. The highest BCUT2D eigenvalue weighted by Gasteiger charge is 2.43. The molecular weight excluding hydrogens is 370 g/mol. The minimum absolute atomic E-state index is 0.0146. The third kappa shape index (κ3) is 2.69. The van der Waals surface area contributed by atoms with Crippen LogP contribution >= 0.6 is 11.6 Å². The van der Waals surface area contributed by atoms with Gasteiger partial charge in [-0.25, -0.2) is 0 Å². The third-order valence-electron chi connectivity index (χ3n) is 4.70. The zero-order chi connectivity index (χ0) is 19.1. The summed E-state index contributed by atoms with van der Waals surface area (Å²) in [5, 5.41) is 10.2. The molecule has 0 fully saturated rings. The van der Waals surface area contributed by atoms with Gasteiger partial charge >= 0.3 is 0 Å². The summed E-state index contributed by atoms with van der Waals surface area (Å²) in [5.41, 5.74) is 0.849. The van der Waals surface area contributed by atoms with Crippen molar-refractivity contribution in [2.24, 2.45) is 0 Å². The molecule has 2 aromatic carbocycles. The number of hydrogen-bond acceptors (Lipinski definition) is 5. The molecule has 1 atom stereocenters. The lowest BCUT2D eigenvalue weighted by atomic mass is 9.97. The first-order valence-electron chi connectivity index (χ1n) is 8.37. The van der Waals surface area contributed by atoms with Crippen LogP contribution in [-0.2, 0) is 0 Å². The van der Waals surface area contributed by atoms with E-state index in [4.69, 9.17) is 20.8 Å². The molecule has 6 nitrogen and oxygen atoms in total. The Hall–Kier alpha value is -2.83. The van der Waals surface area contributed by atoms with Gasteiger partial charge in [-0.1, -0.05) is 29.8 Å². The molecule has 1 N–H and O–H groups in total. The van der Waals surface area contributed by atoms with Gasteiger partial charge < -0.3 is 19.2 Å². The molecule has 1 aromatic heterocycles. The van der Waals surface area contributed by atoms with E-state index in [1.165, 1.54) is 18.1 Å². The van der Waals surface area contributed by atoms with E-state index in [1.807, 2.05) is 0 Å². The summed E-state index contributed by atoms with van der Waals surface area (Å²) in [6, 6.07) is 11.1. The second-order valence-electron chi connectivity index (χ2n) is 6.18. The number of benzene rings is 2. The van der Waals surface area contributed by atoms with E-state index in [-0.39, 0.29) is 29.9 Å². The summed E-state index contributed by atoms with van der Waals surface area (Å²) in [6.45, 7) is -0.187. The minimum atomic E-state index is -0.713. The lowest BCUT2D eigenvalue weighted by Gasteiger charge is -2.25. The van der Waals surface area contributed by atoms with E-state index < -0.39 is 11.9 Å². The largest absolute Gasteiger partial charge is 0.496 e. The topological polar surface area (TPSA) is 80.0 Å². The number of amides is 1. The molecule has 1 aliphatic heterocycles. The molecule has 27 heavy (non-hydrogen) atoms. The predicted octanol–water partition coefficient (Wildman–Crippen LogP) is 2.99. The number of nitrogens with zero attached hydrogens (tertiary/aromatic N) is 1. The minimum Gasteiger partial charge on any atom is -0.496 e. The highest BCUT2D eigenvalue weighted by molar-refractivity contribution is 6.31. The molecule has 3 aromatic rings. The summed E-state index contributed by atoms with van der Waals surface area (Å²) in [5.74, 6) is 0.0831. The van der Waals surface area contributed by atoms with Gasteiger partial charge in [-0.15, -0.1) is 0 Å². The fourth-order valence-corrected chi connectivity index (χ4v) is 3.72. The van der Waals surface area contributed by atoms with Gasteiger partial charge in [0.25, 0.3) is 5.91 Å². The standard InChI is InChI=1S/C20H16ClNO5/c1-26-14-5-3-2-4-12(14)17-16-18(24)13-10-11(21)6-7-15(13)27-19(16)20(25)22(17)8-9-23/h2-7,10,17,23H,8-9H2,1H3/t17-/m1/s1. The van der Waals surface area contributed by atoms with Crippen molar-refractivity contribution in [2.75, 3.05) is 20.3 Å². The quantitative estimate of drug-likeness (QED) is 0.746. The van der Waals surface area contributed by atoms with E-state index >= 15 is 0 Å². The number of aliphatic hydroxyl groups is 1. The SMILES string of the molecule is COc1ccccc1[C@@H]1c2c(oc3ccc(Cl)cc3c2=O)C(=O)N1CCO. The molecule has 1 aliphatic rings. The molecule has 0 unspecified atom stereocenters. The maximum absolute atomic E-state index is 13.3. The molecule has 0 aliphatic carbocycles. The lowest BCUT2D eigenvalue weighted by Crippen LogP contribution is -2.32. The number of aliphatic hydroxyl groups excluding tert-OH is 1. The summed E-state index contributed by atoms with van der Waals surface area (Å²) >= 11 is 6.04. The monoisotopic (exact) mass is 385 g/mol. The first kappa shape index (κ1) is 17.6. The smallest absolute Gasteiger partial charge is 0.290 e. The van der Waals surface area contributed by atoms with Gasteiger partial charge in [0.1, 0.15) is 11.3 Å². The second kappa shape index (κ2) is 6.72. The molecule has 138 valence electrons. The second-order valence-corrected chi connectivity index (χ2v) is 6.62. The van der Waals surface area contributed by atoms with E-state index in [2.05, 4.69) is 0 Å². The number of halogens is 1. The number of carbonyl (C=O) groups excluding carboxylic acids is 1. The Morgan fingerprint density at radius 2 is 2.00 bits per heavy atom. The van der Waals surface area contributed by atoms with Crippen LogP contribution in [0.15, 0.2) is 51.7 Å². The number of fused-ring (bicyclic) bond motifs is 2. The van der Waals surface area contributed by atoms with Crippen LogP contribution in [0.25, 0.3) is 11.0 Å². The highest BCUT2D eigenvalue weighted by atomic mass is 35.5. The molecule has 0 saturated carbocycles. The fourth-order valence-electron chi connectivity index (χ4n) is 3.55. The van der Waals surface area contributed by atoms with Crippen LogP contribution in [-0.4, -0.2) is 36.2 Å². The van der Waals surface area contributed by atoms with E-state index in [0.29, 0.717) is 27.3 Å². The van der Waals surface area contributed by atoms with Gasteiger partial charge in [-0.3, -0.25) is 9.59 Å². The van der Waals surface area contributed by atoms with Crippen LogP contribution in [0, 0.1) is 0 Å². The molecular formula is C20H16ClNO5. The van der Waals surface area contributed by atoms with Crippen molar-refractivity contribution in [3.8, 4) is 5.75 Å². The first-order chi connectivity index (χ1) is 13.1. The Kier molecular flexibility index (Phi) is 4.37. The zero-order valence-corrected chi connectivity index (χ0v) is 15.2. The van der Waals surface area contributed by atoms with Crippen LogP contribution in [0.4, 0.5) is 0 Å². The van der Waals surface area contributed by atoms with Gasteiger partial charge in [0.05, 0.1) is 30.7 Å². The van der Waals surface area contributed by atoms with Gasteiger partial charge in [0.2, 0.25) is 5.76 Å². The van der Waals surface area contributed by atoms with Crippen LogP contribution in [0.5, 0.6) is 5.75 Å². The van der Waals surface area contributed by atoms with Crippen LogP contribution in [0.1, 0.15) is 27.7 Å². The van der Waals surface area contributed by atoms with Gasteiger partial charge in [0.15, 0.2) is 5.43 Å². The van der Waals surface area contributed by atoms with E-state index in [0.717, 1.165) is 0 Å². The Labute approximate surface area is 159 Å². The molecule has 0 spiro atoms. The summed E-state index contributed by atoms with van der Waals surface area (Å²) < 4.78 is 11.2. The average molecular weight is 386 g/mol. The van der Waals surface area contributed by atoms with Crippen LogP contribution in [0.2, 0.25) is 5.02 Å². The summed E-state index contributed by atoms with van der Waals surface area (Å²) in [4.78, 5) is 27.6. The predicted molar refractivity (Wildman–Crippen MR) is 100 cm³/mol. The normalized spacial score (nSPS) is 16.0. The number of ether oxygens (including phenoxy) is 1. The molecule has 1 amide bonds. The van der Waals surface area contributed by atoms with E-state index in [1.54, 1.807) is 36.4 Å². The Balaban J connectivity index is 2.04. The Morgan fingerprint density at radius 3 is 2.74 bits per heavy atom. The van der Waals surface area contributed by atoms with Gasteiger partial charge in [0, 0.05) is 17.1 Å². The molecule has 2 heterocycles.